The van der Waals surface area contributed by atoms with Crippen LogP contribution in [0.4, 0.5) is 0 Å². The lowest BCUT2D eigenvalue weighted by molar-refractivity contribution is 0.0895. The minimum absolute atomic E-state index is 0.0419. The second-order valence-electron chi connectivity index (χ2n) is 4.88. The highest BCUT2D eigenvalue weighted by atomic mass is 35.5. The lowest BCUT2D eigenvalue weighted by atomic mass is 10.0. The fraction of sp³-hybridized carbons (Fsp3) is 0.533. The number of carbonyl (C=O) groups is 1. The van der Waals surface area contributed by atoms with Crippen LogP contribution in [0, 0.1) is 0 Å². The van der Waals surface area contributed by atoms with Crippen LogP contribution in [0.5, 0.6) is 0 Å². The van der Waals surface area contributed by atoms with Gasteiger partial charge in [0.2, 0.25) is 0 Å². The molecule has 3 nitrogen and oxygen atoms in total. The van der Waals surface area contributed by atoms with Gasteiger partial charge in [0.25, 0.3) is 5.91 Å². The summed E-state index contributed by atoms with van der Waals surface area (Å²) >= 11 is 5.71. The van der Waals surface area contributed by atoms with E-state index in [-0.39, 0.29) is 11.9 Å². The summed E-state index contributed by atoms with van der Waals surface area (Å²) in [7, 11) is 1.62. The number of hydrogen-bond acceptors (Lipinski definition) is 2. The molecule has 0 radical (unpaired) electrons. The normalized spacial score (nSPS) is 12.5. The third kappa shape index (κ3) is 5.21. The van der Waals surface area contributed by atoms with Crippen LogP contribution in [0.15, 0.2) is 24.3 Å². The van der Waals surface area contributed by atoms with Crippen molar-refractivity contribution in [2.45, 2.75) is 32.2 Å². The molecule has 0 bridgehead atoms. The molecule has 0 aliphatic heterocycles. The number of halogens is 1. The quantitative estimate of drug-likeness (QED) is 0.781. The van der Waals surface area contributed by atoms with Gasteiger partial charge < -0.3 is 10.1 Å². The molecule has 0 fully saturated rings. The van der Waals surface area contributed by atoms with E-state index in [1.165, 1.54) is 5.56 Å². The lowest BCUT2D eigenvalue weighted by Crippen LogP contribution is -2.38. The van der Waals surface area contributed by atoms with Gasteiger partial charge in [-0.25, -0.2) is 0 Å². The molecule has 1 amide bonds. The SMILES string of the molecule is COCC(CCCl)NC(=O)c1ccc(C(C)C)cc1. The average molecular weight is 284 g/mol. The molecule has 0 aliphatic rings. The molecule has 1 unspecified atom stereocenters. The van der Waals surface area contributed by atoms with E-state index in [2.05, 4.69) is 19.2 Å². The standard InChI is InChI=1S/C15H22ClNO2/c1-11(2)12-4-6-13(7-5-12)15(18)17-14(8-9-16)10-19-3/h4-7,11,14H,8-10H2,1-3H3,(H,17,18). The number of amides is 1. The number of alkyl halides is 1. The van der Waals surface area contributed by atoms with Crippen molar-refractivity contribution in [3.8, 4) is 0 Å². The molecule has 19 heavy (non-hydrogen) atoms. The Kier molecular flexibility index (Phi) is 6.89. The topological polar surface area (TPSA) is 38.3 Å². The highest BCUT2D eigenvalue weighted by molar-refractivity contribution is 6.17. The fourth-order valence-electron chi connectivity index (χ4n) is 1.82. The Morgan fingerprint density at radius 1 is 1.32 bits per heavy atom. The van der Waals surface area contributed by atoms with Gasteiger partial charge in [-0.15, -0.1) is 11.6 Å². The summed E-state index contributed by atoms with van der Waals surface area (Å²) in [5.41, 5.74) is 1.89. The molecule has 0 spiro atoms. The van der Waals surface area contributed by atoms with Gasteiger partial charge in [-0.3, -0.25) is 4.79 Å². The summed E-state index contributed by atoms with van der Waals surface area (Å²) in [6.45, 7) is 4.73. The Hall–Kier alpha value is -1.06. The number of methoxy groups -OCH3 is 1. The molecule has 0 saturated carbocycles. The van der Waals surface area contributed by atoms with E-state index in [0.29, 0.717) is 30.4 Å². The van der Waals surface area contributed by atoms with Crippen molar-refractivity contribution in [3.05, 3.63) is 35.4 Å². The maximum absolute atomic E-state index is 12.1. The molecule has 106 valence electrons. The first kappa shape index (κ1) is 16.0. The van der Waals surface area contributed by atoms with Crippen LogP contribution < -0.4 is 5.32 Å². The second kappa shape index (κ2) is 8.18. The Morgan fingerprint density at radius 3 is 2.42 bits per heavy atom. The molecule has 1 N–H and O–H groups in total. The molecular formula is C15H22ClNO2. The molecule has 0 aliphatic carbocycles. The van der Waals surface area contributed by atoms with Crippen LogP contribution in [-0.4, -0.2) is 31.5 Å². The van der Waals surface area contributed by atoms with Gasteiger partial charge in [0.15, 0.2) is 0 Å². The fourth-order valence-corrected chi connectivity index (χ4v) is 2.08. The Morgan fingerprint density at radius 2 is 1.95 bits per heavy atom. The summed E-state index contributed by atoms with van der Waals surface area (Å²) < 4.78 is 5.07. The van der Waals surface area contributed by atoms with Crippen molar-refractivity contribution < 1.29 is 9.53 Å². The molecule has 1 aromatic carbocycles. The Bertz CT molecular complexity index is 384. The van der Waals surface area contributed by atoms with Gasteiger partial charge in [-0.1, -0.05) is 26.0 Å². The van der Waals surface area contributed by atoms with Crippen molar-refractivity contribution in [2.24, 2.45) is 0 Å². The van der Waals surface area contributed by atoms with Crippen LogP contribution in [0.25, 0.3) is 0 Å². The monoisotopic (exact) mass is 283 g/mol. The molecule has 1 atom stereocenters. The minimum Gasteiger partial charge on any atom is -0.383 e. The van der Waals surface area contributed by atoms with E-state index in [1.54, 1.807) is 7.11 Å². The van der Waals surface area contributed by atoms with Crippen LogP contribution in [0.2, 0.25) is 0 Å². The van der Waals surface area contributed by atoms with Crippen molar-refractivity contribution in [3.63, 3.8) is 0 Å². The van der Waals surface area contributed by atoms with Gasteiger partial charge in [0.1, 0.15) is 0 Å². The first-order valence-corrected chi connectivity index (χ1v) is 7.07. The highest BCUT2D eigenvalue weighted by Gasteiger charge is 2.13. The smallest absolute Gasteiger partial charge is 0.251 e. The van der Waals surface area contributed by atoms with E-state index in [4.69, 9.17) is 16.3 Å². The summed E-state index contributed by atoms with van der Waals surface area (Å²) in [6, 6.07) is 7.66. The highest BCUT2D eigenvalue weighted by Crippen LogP contribution is 2.14. The Labute approximate surface area is 120 Å². The van der Waals surface area contributed by atoms with Gasteiger partial charge in [-0.05, 0) is 30.0 Å². The lowest BCUT2D eigenvalue weighted by Gasteiger charge is -2.17. The number of ether oxygens (including phenoxy) is 1. The summed E-state index contributed by atoms with van der Waals surface area (Å²) in [5, 5.41) is 2.94. The van der Waals surface area contributed by atoms with Gasteiger partial charge >= 0.3 is 0 Å². The second-order valence-corrected chi connectivity index (χ2v) is 5.26. The molecule has 0 heterocycles. The van der Waals surface area contributed by atoms with E-state index < -0.39 is 0 Å². The summed E-state index contributed by atoms with van der Waals surface area (Å²) in [4.78, 5) is 12.1. The first-order chi connectivity index (χ1) is 9.08. The summed E-state index contributed by atoms with van der Waals surface area (Å²) in [6.07, 6.45) is 0.700. The van der Waals surface area contributed by atoms with E-state index in [1.807, 2.05) is 24.3 Å². The average Bonchev–Trinajstić information content (AvgIpc) is 2.39. The zero-order chi connectivity index (χ0) is 14.3. The number of hydrogen-bond donors (Lipinski definition) is 1. The molecule has 4 heteroatoms. The van der Waals surface area contributed by atoms with Crippen molar-refractivity contribution in [1.29, 1.82) is 0 Å². The first-order valence-electron chi connectivity index (χ1n) is 6.54. The predicted molar refractivity (Wildman–Crippen MR) is 79.0 cm³/mol. The van der Waals surface area contributed by atoms with Crippen LogP contribution in [-0.2, 0) is 4.74 Å². The molecule has 0 saturated heterocycles. The number of rotatable bonds is 7. The third-order valence-electron chi connectivity index (χ3n) is 3.00. The van der Waals surface area contributed by atoms with Crippen molar-refractivity contribution in [1.82, 2.24) is 5.32 Å². The van der Waals surface area contributed by atoms with Crippen molar-refractivity contribution in [2.75, 3.05) is 19.6 Å². The number of nitrogens with one attached hydrogen (secondary N) is 1. The Balaban J connectivity index is 2.65. The molecule has 1 rings (SSSR count). The maximum Gasteiger partial charge on any atom is 0.251 e. The van der Waals surface area contributed by atoms with E-state index in [9.17, 15) is 4.79 Å². The zero-order valence-corrected chi connectivity index (χ0v) is 12.5. The molecule has 0 aromatic heterocycles. The van der Waals surface area contributed by atoms with Gasteiger partial charge in [0, 0.05) is 18.6 Å². The van der Waals surface area contributed by atoms with Crippen LogP contribution in [0.1, 0.15) is 42.1 Å². The minimum atomic E-state index is -0.0810. The molecule has 1 aromatic rings. The zero-order valence-electron chi connectivity index (χ0n) is 11.8. The van der Waals surface area contributed by atoms with Crippen LogP contribution >= 0.6 is 11.6 Å². The predicted octanol–water partition coefficient (Wildman–Crippen LogP) is 3.18. The van der Waals surface area contributed by atoms with E-state index in [0.717, 1.165) is 0 Å². The maximum atomic E-state index is 12.1. The number of benzene rings is 1. The van der Waals surface area contributed by atoms with Gasteiger partial charge in [-0.2, -0.15) is 0 Å². The largest absolute Gasteiger partial charge is 0.383 e. The third-order valence-corrected chi connectivity index (χ3v) is 3.22. The summed E-state index contributed by atoms with van der Waals surface area (Å²) in [5.74, 6) is 0.887. The number of carbonyl (C=O) groups excluding carboxylic acids is 1. The van der Waals surface area contributed by atoms with Gasteiger partial charge in [0.05, 0.1) is 12.6 Å². The van der Waals surface area contributed by atoms with E-state index >= 15 is 0 Å². The van der Waals surface area contributed by atoms with Crippen molar-refractivity contribution >= 4 is 17.5 Å². The van der Waals surface area contributed by atoms with Crippen LogP contribution in [0.3, 0.4) is 0 Å². The molecular weight excluding hydrogens is 262 g/mol.